The zero-order valence-electron chi connectivity index (χ0n) is 54.4. The molecule has 0 saturated heterocycles. The van der Waals surface area contributed by atoms with Crippen molar-refractivity contribution < 1.29 is 80.2 Å². The smallest absolute Gasteiger partial charge is 0.462 e. The predicted molar refractivity (Wildman–Crippen MR) is 335 cm³/mol. The molecule has 0 aromatic carbocycles. The van der Waals surface area contributed by atoms with Crippen LogP contribution in [0.15, 0.2) is 0 Å². The van der Waals surface area contributed by atoms with Crippen LogP contribution >= 0.6 is 15.6 Å². The van der Waals surface area contributed by atoms with E-state index in [1.165, 1.54) is 128 Å². The number of aliphatic hydroxyl groups excluding tert-OH is 1. The molecule has 7 atom stereocenters. The summed E-state index contributed by atoms with van der Waals surface area (Å²) in [5.74, 6) is 0.106. The van der Waals surface area contributed by atoms with Crippen LogP contribution in [0.1, 0.15) is 318 Å². The van der Waals surface area contributed by atoms with Gasteiger partial charge in [0.2, 0.25) is 0 Å². The second kappa shape index (κ2) is 56.3. The van der Waals surface area contributed by atoms with Gasteiger partial charge in [-0.3, -0.25) is 37.3 Å². The Morgan fingerprint density at radius 3 is 0.905 bits per heavy atom. The number of hydrogen-bond acceptors (Lipinski definition) is 15. The first-order chi connectivity index (χ1) is 40.3. The maximum absolute atomic E-state index is 13.0. The van der Waals surface area contributed by atoms with E-state index in [0.29, 0.717) is 31.6 Å². The monoisotopic (exact) mass is 1240 g/mol. The zero-order chi connectivity index (χ0) is 62.4. The summed E-state index contributed by atoms with van der Waals surface area (Å²) in [6.07, 6.45) is 37.5. The molecule has 0 spiro atoms. The molecule has 0 aliphatic rings. The number of hydrogen-bond donors (Lipinski definition) is 3. The van der Waals surface area contributed by atoms with Gasteiger partial charge in [-0.05, 0) is 43.4 Å². The number of aliphatic hydroxyl groups is 1. The lowest BCUT2D eigenvalue weighted by atomic mass is 9.99. The Kier molecular flexibility index (Phi) is 55.0. The Bertz CT molecular complexity index is 1670. The Morgan fingerprint density at radius 1 is 0.345 bits per heavy atom. The summed E-state index contributed by atoms with van der Waals surface area (Å²) in [4.78, 5) is 72.3. The lowest BCUT2D eigenvalue weighted by Crippen LogP contribution is -2.30. The summed E-state index contributed by atoms with van der Waals surface area (Å²) < 4.78 is 68.0. The molecule has 0 bridgehead atoms. The SMILES string of the molecule is CCCCCCCCCCCCC(=O)OC[C@H](COP(=O)(O)OC[C@H](O)COP(=O)(O)OC[C@@H](COC(=O)CCCCCCCCCCC(C)CC)OC(=O)CCCCCCCCCCC(C)CC)OC(=O)CCCCCCCCCC(C)C. The van der Waals surface area contributed by atoms with Crippen LogP contribution in [0.4, 0.5) is 0 Å². The normalized spacial score (nSPS) is 15.0. The molecule has 0 aliphatic heterocycles. The fourth-order valence-electron chi connectivity index (χ4n) is 9.59. The van der Waals surface area contributed by atoms with E-state index >= 15 is 0 Å². The minimum Gasteiger partial charge on any atom is -0.462 e. The van der Waals surface area contributed by atoms with E-state index in [2.05, 4.69) is 48.5 Å². The standard InChI is InChI=1S/C65H126O17P2/c1-8-11-12-13-14-15-16-25-32-39-46-62(67)75-53-61(82-65(70)49-42-35-28-21-22-29-36-43-56(4)5)55-80-84(73,74)78-51-59(66)50-77-83(71,72)79-54-60(81-64(69)48-41-34-27-20-18-24-31-38-45-58(7)10-3)52-76-63(68)47-40-33-26-19-17-23-30-37-44-57(6)9-2/h56-61,66H,8-55H2,1-7H3,(H,71,72)(H,73,74)/t57?,58?,59-,60-,61-/m1/s1. The van der Waals surface area contributed by atoms with E-state index < -0.39 is 97.5 Å². The van der Waals surface area contributed by atoms with E-state index in [9.17, 15) is 43.2 Å². The summed E-state index contributed by atoms with van der Waals surface area (Å²) in [5, 5.41) is 10.5. The number of ether oxygens (including phenoxy) is 4. The topological polar surface area (TPSA) is 237 Å². The highest BCUT2D eigenvalue weighted by atomic mass is 31.2. The van der Waals surface area contributed by atoms with Gasteiger partial charge in [0, 0.05) is 25.7 Å². The van der Waals surface area contributed by atoms with Crippen LogP contribution in [-0.4, -0.2) is 96.7 Å². The van der Waals surface area contributed by atoms with Gasteiger partial charge < -0.3 is 33.8 Å². The summed E-state index contributed by atoms with van der Waals surface area (Å²) in [5.41, 5.74) is 0. The molecule has 0 aromatic rings. The number of unbranched alkanes of at least 4 members (excludes halogenated alkanes) is 29. The molecule has 4 unspecified atom stereocenters. The average molecular weight is 1240 g/mol. The van der Waals surface area contributed by atoms with Crippen molar-refractivity contribution in [2.75, 3.05) is 39.6 Å². The van der Waals surface area contributed by atoms with E-state index in [0.717, 1.165) is 102 Å². The van der Waals surface area contributed by atoms with Gasteiger partial charge in [-0.1, -0.05) is 267 Å². The Hall–Kier alpha value is -1.94. The van der Waals surface area contributed by atoms with Crippen LogP contribution in [0.2, 0.25) is 0 Å². The van der Waals surface area contributed by atoms with Gasteiger partial charge in [-0.2, -0.15) is 0 Å². The fraction of sp³-hybridized carbons (Fsp3) is 0.938. The second-order valence-electron chi connectivity index (χ2n) is 24.5. The van der Waals surface area contributed by atoms with Gasteiger partial charge in [0.05, 0.1) is 26.4 Å². The molecule has 0 heterocycles. The molecule has 17 nitrogen and oxygen atoms in total. The highest BCUT2D eigenvalue weighted by molar-refractivity contribution is 7.47. The summed E-state index contributed by atoms with van der Waals surface area (Å²) in [7, 11) is -9.89. The van der Waals surface area contributed by atoms with Crippen LogP contribution < -0.4 is 0 Å². The molecule has 0 saturated carbocycles. The third kappa shape index (κ3) is 56.6. The first kappa shape index (κ1) is 82.1. The third-order valence-corrected chi connectivity index (χ3v) is 17.5. The van der Waals surface area contributed by atoms with Gasteiger partial charge in [0.25, 0.3) is 0 Å². The predicted octanol–water partition coefficient (Wildman–Crippen LogP) is 17.9. The van der Waals surface area contributed by atoms with Crippen molar-refractivity contribution >= 4 is 39.5 Å². The molecular formula is C65H126O17P2. The molecule has 0 aliphatic carbocycles. The number of carbonyl (C=O) groups is 4. The summed E-state index contributed by atoms with van der Waals surface area (Å²) in [6.45, 7) is 11.7. The molecule has 0 fully saturated rings. The minimum absolute atomic E-state index is 0.103. The van der Waals surface area contributed by atoms with E-state index in [-0.39, 0.29) is 25.7 Å². The van der Waals surface area contributed by atoms with Crippen LogP contribution in [0.3, 0.4) is 0 Å². The summed E-state index contributed by atoms with van der Waals surface area (Å²) in [6, 6.07) is 0. The van der Waals surface area contributed by atoms with Crippen molar-refractivity contribution in [2.45, 2.75) is 336 Å². The number of phosphoric acid groups is 2. The third-order valence-electron chi connectivity index (χ3n) is 15.6. The maximum atomic E-state index is 13.0. The average Bonchev–Trinajstić information content (AvgIpc) is 3.59. The van der Waals surface area contributed by atoms with Crippen LogP contribution in [-0.2, 0) is 65.4 Å². The zero-order valence-corrected chi connectivity index (χ0v) is 56.1. The fourth-order valence-corrected chi connectivity index (χ4v) is 11.2. The Labute approximate surface area is 511 Å². The van der Waals surface area contributed by atoms with Crippen LogP contribution in [0, 0.1) is 17.8 Å². The molecule has 0 aromatic heterocycles. The molecule has 3 N–H and O–H groups in total. The van der Waals surface area contributed by atoms with Crippen LogP contribution in [0.5, 0.6) is 0 Å². The molecule has 0 radical (unpaired) electrons. The van der Waals surface area contributed by atoms with Gasteiger partial charge >= 0.3 is 39.5 Å². The van der Waals surface area contributed by atoms with Crippen molar-refractivity contribution in [1.29, 1.82) is 0 Å². The molecule has 498 valence electrons. The second-order valence-corrected chi connectivity index (χ2v) is 27.4. The maximum Gasteiger partial charge on any atom is 0.472 e. The molecule has 0 rings (SSSR count). The minimum atomic E-state index is -4.95. The van der Waals surface area contributed by atoms with Crippen molar-refractivity contribution in [1.82, 2.24) is 0 Å². The van der Waals surface area contributed by atoms with E-state index in [1.807, 2.05) is 0 Å². The lowest BCUT2D eigenvalue weighted by Gasteiger charge is -2.21. The van der Waals surface area contributed by atoms with E-state index in [1.54, 1.807) is 0 Å². The van der Waals surface area contributed by atoms with Gasteiger partial charge in [0.15, 0.2) is 12.2 Å². The van der Waals surface area contributed by atoms with Gasteiger partial charge in [-0.25, -0.2) is 9.13 Å². The molecule has 19 heteroatoms. The van der Waals surface area contributed by atoms with Gasteiger partial charge in [0.1, 0.15) is 19.3 Å². The highest BCUT2D eigenvalue weighted by Gasteiger charge is 2.30. The first-order valence-electron chi connectivity index (χ1n) is 33.9. The molecule has 0 amide bonds. The number of esters is 4. The first-order valence-corrected chi connectivity index (χ1v) is 36.9. The van der Waals surface area contributed by atoms with Crippen molar-refractivity contribution in [3.63, 3.8) is 0 Å². The van der Waals surface area contributed by atoms with Crippen molar-refractivity contribution in [3.05, 3.63) is 0 Å². The van der Waals surface area contributed by atoms with Gasteiger partial charge in [-0.15, -0.1) is 0 Å². The lowest BCUT2D eigenvalue weighted by molar-refractivity contribution is -0.161. The van der Waals surface area contributed by atoms with E-state index in [4.69, 9.17) is 37.0 Å². The molecule has 84 heavy (non-hydrogen) atoms. The molecular weight excluding hydrogens is 1110 g/mol. The largest absolute Gasteiger partial charge is 0.472 e. The number of phosphoric ester groups is 2. The summed E-state index contributed by atoms with van der Waals surface area (Å²) >= 11 is 0. The quantitative estimate of drug-likeness (QED) is 0.0222. The highest BCUT2D eigenvalue weighted by Crippen LogP contribution is 2.45. The van der Waals surface area contributed by atoms with Crippen LogP contribution in [0.25, 0.3) is 0 Å². The van der Waals surface area contributed by atoms with Crippen molar-refractivity contribution in [3.8, 4) is 0 Å². The Balaban J connectivity index is 5.26. The van der Waals surface area contributed by atoms with Crippen molar-refractivity contribution in [2.24, 2.45) is 17.8 Å². The number of carbonyl (C=O) groups excluding carboxylic acids is 4. The Morgan fingerprint density at radius 2 is 0.607 bits per heavy atom. The number of rotatable bonds is 63.